The van der Waals surface area contributed by atoms with Crippen molar-refractivity contribution in [2.75, 3.05) is 0 Å². The van der Waals surface area contributed by atoms with Crippen molar-refractivity contribution in [1.82, 2.24) is 10.2 Å². The van der Waals surface area contributed by atoms with Crippen LogP contribution in [0.4, 0.5) is 0 Å². The Morgan fingerprint density at radius 3 is 2.22 bits per heavy atom. The lowest BCUT2D eigenvalue weighted by atomic mass is 10.7. The summed E-state index contributed by atoms with van der Waals surface area (Å²) >= 11 is 0. The average Bonchev–Trinajstić information content (AvgIpc) is 2.24. The third-order valence-electron chi connectivity index (χ3n) is 0.513. The average molecular weight is 146 g/mol. The lowest BCUT2D eigenvalue weighted by molar-refractivity contribution is -0.00000212. The minimum atomic E-state index is -0.0880. The molecule has 0 spiro atoms. The predicted octanol–water partition coefficient (Wildman–Crippen LogP) is -0.201. The van der Waals surface area contributed by atoms with E-state index in [9.17, 15) is 4.79 Å². The van der Waals surface area contributed by atoms with Gasteiger partial charge in [-0.1, -0.05) is 0 Å². The summed E-state index contributed by atoms with van der Waals surface area (Å²) in [5, 5.41) is 11.1. The maximum absolute atomic E-state index is 9.98. The van der Waals surface area contributed by atoms with E-state index < -0.39 is 0 Å². The lowest BCUT2D eigenvalue weighted by Gasteiger charge is -1.55. The first-order valence-corrected chi connectivity index (χ1v) is 1.84. The molecule has 1 rings (SSSR count). The first-order chi connectivity index (χ1) is 3.89. The van der Waals surface area contributed by atoms with Gasteiger partial charge in [-0.25, -0.2) is 0 Å². The van der Waals surface area contributed by atoms with Crippen LogP contribution < -0.4 is 5.56 Å². The molecule has 48 valence electrons. The number of aromatic nitrogens is 2. The van der Waals surface area contributed by atoms with E-state index in [4.69, 9.17) is 11.8 Å². The quantitative estimate of drug-likeness (QED) is 0.497. The van der Waals surface area contributed by atoms with Crippen LogP contribution in [0.3, 0.4) is 0 Å². The molecule has 1 aromatic rings. The molecule has 0 aromatic carbocycles. The van der Waals surface area contributed by atoms with Crippen LogP contribution >= 0.6 is 0 Å². The van der Waals surface area contributed by atoms with Crippen molar-refractivity contribution in [3.63, 3.8) is 0 Å². The minimum absolute atomic E-state index is 0. The van der Waals surface area contributed by atoms with Gasteiger partial charge in [0.2, 0.25) is 0 Å². The van der Waals surface area contributed by atoms with E-state index >= 15 is 0 Å². The number of halogens is 1. The van der Waals surface area contributed by atoms with Gasteiger partial charge in [0.15, 0.2) is 0 Å². The molecule has 0 aliphatic heterocycles. The molecule has 0 aliphatic rings. The van der Waals surface area contributed by atoms with Crippen LogP contribution in [0.5, 0.6) is 0 Å². The van der Waals surface area contributed by atoms with E-state index in [2.05, 4.69) is 10.2 Å². The molecule has 5 heteroatoms. The fraction of sp³-hybridized carbons (Fsp3) is 0. The van der Waals surface area contributed by atoms with Crippen LogP contribution in [0, 0.1) is 24.2 Å². The Balaban J connectivity index is 0. The molecule has 2 radical (unpaired) electrons. The molecule has 0 bridgehead atoms. The molecule has 0 aliphatic carbocycles. The van der Waals surface area contributed by atoms with Gasteiger partial charge in [0.05, 0.1) is 0 Å². The number of hydrogen-bond acceptors (Lipinski definition) is 2. The highest BCUT2D eigenvalue weighted by molar-refractivity contribution is 4.75. The van der Waals surface area contributed by atoms with Crippen molar-refractivity contribution in [2.45, 2.75) is 0 Å². The van der Waals surface area contributed by atoms with E-state index in [1.165, 1.54) is 6.07 Å². The highest BCUT2D eigenvalue weighted by atomic mass is 35.5. The Hall–Kier alpha value is -1.21. The molecule has 4 nitrogen and oxygen atoms in total. The zero-order valence-corrected chi connectivity index (χ0v) is 5.14. The van der Waals surface area contributed by atoms with E-state index in [0.29, 0.717) is 0 Å². The summed E-state index contributed by atoms with van der Waals surface area (Å²) < 4.78 is 0. The van der Waals surface area contributed by atoms with Crippen LogP contribution in [-0.4, -0.2) is 10.2 Å². The van der Waals surface area contributed by atoms with E-state index in [-0.39, 0.29) is 18.0 Å². The standard InChI is InChI=1S/C3H4N2O.CN.Cl/c6-3-1-2-4-5-3;1-2;/h1-2H,(H2,4,5,6);;/q;-1;+1. The number of nitrogens with zero attached hydrogens (tertiary/aromatic N) is 1. The molecule has 9 heavy (non-hydrogen) atoms. The molecule has 0 atom stereocenters. The molecule has 1 heterocycles. The number of H-pyrrole nitrogens is 2. The van der Waals surface area contributed by atoms with Crippen LogP contribution in [0.1, 0.15) is 0 Å². The fourth-order valence-corrected chi connectivity index (χ4v) is 0.272. The first kappa shape index (κ1) is 10.7. The van der Waals surface area contributed by atoms with Gasteiger partial charge in [-0.3, -0.25) is 9.89 Å². The van der Waals surface area contributed by atoms with Gasteiger partial charge in [-0.15, -0.1) is 0 Å². The number of hydrogen-bond donors (Lipinski definition) is 2. The van der Waals surface area contributed by atoms with E-state index in [1.54, 1.807) is 6.20 Å². The van der Waals surface area contributed by atoms with Gasteiger partial charge in [-0.05, 0) is 0 Å². The number of rotatable bonds is 0. The second kappa shape index (κ2) is 6.79. The topological polar surface area (TPSA) is 72.4 Å². The Labute approximate surface area is 57.9 Å². The van der Waals surface area contributed by atoms with E-state index in [0.717, 1.165) is 0 Å². The normalized spacial score (nSPS) is 6.00. The van der Waals surface area contributed by atoms with Crippen LogP contribution in [0.2, 0.25) is 0 Å². The van der Waals surface area contributed by atoms with Crippen molar-refractivity contribution in [2.24, 2.45) is 0 Å². The second-order valence-corrected chi connectivity index (χ2v) is 0.967. The molecular weight excluding hydrogens is 142 g/mol. The molecule has 0 saturated heterocycles. The third-order valence-corrected chi connectivity index (χ3v) is 0.513. The second-order valence-electron chi connectivity index (χ2n) is 0.967. The first-order valence-electron chi connectivity index (χ1n) is 1.84. The molecule has 1 aromatic heterocycles. The lowest BCUT2D eigenvalue weighted by Crippen LogP contribution is -1.93. The SMILES string of the molecule is O=c1cc[nH][nH]1.[C-]#N.[Cl+]. The van der Waals surface area contributed by atoms with Crippen LogP contribution in [0.15, 0.2) is 17.1 Å². The maximum atomic E-state index is 9.98. The summed E-state index contributed by atoms with van der Waals surface area (Å²) in [6, 6.07) is 1.42. The Kier molecular flexibility index (Phi) is 8.08. The van der Waals surface area contributed by atoms with Gasteiger partial charge in [0.25, 0.3) is 5.56 Å². The van der Waals surface area contributed by atoms with Crippen molar-refractivity contribution in [1.29, 1.82) is 5.26 Å². The Morgan fingerprint density at radius 2 is 2.11 bits per heavy atom. The zero-order chi connectivity index (χ0) is 6.41. The van der Waals surface area contributed by atoms with E-state index in [1.807, 2.05) is 0 Å². The summed E-state index contributed by atoms with van der Waals surface area (Å²) in [7, 11) is 0. The fourth-order valence-electron chi connectivity index (χ4n) is 0.272. The van der Waals surface area contributed by atoms with Gasteiger partial charge < -0.3 is 16.9 Å². The third kappa shape index (κ3) is 4.65. The molecule has 0 amide bonds. The van der Waals surface area contributed by atoms with Crippen molar-refractivity contribution < 1.29 is 12.4 Å². The largest absolute Gasteiger partial charge is 1.00 e. The zero-order valence-electron chi connectivity index (χ0n) is 4.39. The molecule has 0 saturated carbocycles. The summed E-state index contributed by atoms with van der Waals surface area (Å²) in [5.74, 6) is 0. The Bertz CT molecular complexity index is 184. The number of aromatic amines is 2. The molecule has 0 fully saturated rings. The smallest absolute Gasteiger partial charge is 0.512 e. The summed E-state index contributed by atoms with van der Waals surface area (Å²) in [4.78, 5) is 9.98. The minimum Gasteiger partial charge on any atom is -0.512 e. The maximum Gasteiger partial charge on any atom is 1.00 e. The van der Waals surface area contributed by atoms with Gasteiger partial charge in [0.1, 0.15) is 0 Å². The van der Waals surface area contributed by atoms with Gasteiger partial charge in [-0.2, -0.15) is 0 Å². The summed E-state index contributed by atoms with van der Waals surface area (Å²) in [5.41, 5.74) is -0.0880. The van der Waals surface area contributed by atoms with Gasteiger partial charge >= 0.3 is 12.4 Å². The molecule has 2 N–H and O–H groups in total. The summed E-state index contributed by atoms with van der Waals surface area (Å²) in [6.45, 7) is 4.75. The van der Waals surface area contributed by atoms with Gasteiger partial charge in [0, 0.05) is 12.3 Å². The summed E-state index contributed by atoms with van der Waals surface area (Å²) in [6.07, 6.45) is 1.54. The van der Waals surface area contributed by atoms with Crippen LogP contribution in [0.25, 0.3) is 0 Å². The highest BCUT2D eigenvalue weighted by Crippen LogP contribution is 1.53. The number of nitrogens with one attached hydrogen (secondary N) is 2. The van der Waals surface area contributed by atoms with Crippen molar-refractivity contribution >= 4 is 0 Å². The highest BCUT2D eigenvalue weighted by Gasteiger charge is 1.70. The monoisotopic (exact) mass is 145 g/mol. The molecule has 0 unspecified atom stereocenters. The van der Waals surface area contributed by atoms with Crippen LogP contribution in [-0.2, 0) is 0 Å². The predicted molar refractivity (Wildman–Crippen MR) is 26.4 cm³/mol. The molecular formula is C4H4ClN3O. The van der Waals surface area contributed by atoms with Crippen molar-refractivity contribution in [3.8, 4) is 0 Å². The Morgan fingerprint density at radius 1 is 1.56 bits per heavy atom. The van der Waals surface area contributed by atoms with Crippen molar-refractivity contribution in [3.05, 3.63) is 29.2 Å².